The Kier molecular flexibility index (Phi) is 10.6. The maximum Gasteiger partial charge on any atom is 0.243 e. The molecule has 0 radical (unpaired) electrons. The molecule has 1 aliphatic rings. The fourth-order valence-electron chi connectivity index (χ4n) is 6.83. The van der Waals surface area contributed by atoms with Crippen molar-refractivity contribution in [3.63, 3.8) is 0 Å². The number of aromatic nitrogens is 1. The fourth-order valence-corrected chi connectivity index (χ4v) is 9.42. The maximum absolute atomic E-state index is 14.4. The van der Waals surface area contributed by atoms with Gasteiger partial charge in [-0.05, 0) is 55.5 Å². The number of carbonyl (C=O) groups is 2. The van der Waals surface area contributed by atoms with Gasteiger partial charge >= 0.3 is 0 Å². The van der Waals surface area contributed by atoms with Crippen LogP contribution in [0.4, 0.5) is 0 Å². The molecule has 4 atom stereocenters. The summed E-state index contributed by atoms with van der Waals surface area (Å²) in [7, 11) is 0. The number of aliphatic hydroxyl groups is 1. The minimum atomic E-state index is -0.983. The van der Waals surface area contributed by atoms with E-state index in [-0.39, 0.29) is 30.8 Å². The highest BCUT2D eigenvalue weighted by Crippen LogP contribution is 2.54. The first-order valence-electron chi connectivity index (χ1n) is 16.9. The number of β-amino-alcohol motifs (C(OH)–C–C–N with tert-alkyl or cyclic N) is 1. The summed E-state index contributed by atoms with van der Waals surface area (Å²) >= 11 is 3.23. The van der Waals surface area contributed by atoms with E-state index in [1.165, 1.54) is 4.90 Å². The van der Waals surface area contributed by atoms with Crippen LogP contribution in [0.1, 0.15) is 61.2 Å². The van der Waals surface area contributed by atoms with Crippen molar-refractivity contribution < 1.29 is 14.7 Å². The number of hydrogen-bond acceptors (Lipinski definition) is 7. The van der Waals surface area contributed by atoms with Crippen molar-refractivity contribution in [2.45, 2.75) is 67.8 Å². The number of nitrogens with two attached hydrogens (primary N) is 1. The van der Waals surface area contributed by atoms with E-state index in [0.29, 0.717) is 0 Å². The first-order chi connectivity index (χ1) is 24.0. The molecule has 1 aliphatic heterocycles. The van der Waals surface area contributed by atoms with Gasteiger partial charge < -0.3 is 21.1 Å². The number of thiazole rings is 1. The quantitative estimate of drug-likeness (QED) is 0.127. The molecule has 1 aromatic heterocycles. The monoisotopic (exact) mass is 704 g/mol. The van der Waals surface area contributed by atoms with Gasteiger partial charge in [-0.15, -0.1) is 23.1 Å². The van der Waals surface area contributed by atoms with Crippen molar-refractivity contribution in [3.05, 3.63) is 149 Å². The van der Waals surface area contributed by atoms with Crippen LogP contribution >= 0.6 is 23.1 Å². The predicted molar refractivity (Wildman–Crippen MR) is 204 cm³/mol. The van der Waals surface area contributed by atoms with Gasteiger partial charge in [-0.3, -0.25) is 9.59 Å². The minimum absolute atomic E-state index is 0.0455. The third-order valence-corrected chi connectivity index (χ3v) is 12.4. The van der Waals surface area contributed by atoms with Crippen LogP contribution in [0.25, 0.3) is 10.4 Å². The molecular weight excluding hydrogens is 661 g/mol. The summed E-state index contributed by atoms with van der Waals surface area (Å²) in [6, 6.07) is 36.8. The van der Waals surface area contributed by atoms with Crippen LogP contribution < -0.4 is 11.1 Å². The zero-order chi connectivity index (χ0) is 35.5. The fraction of sp³-hybridized carbons (Fsp3) is 0.293. The number of benzene rings is 4. The van der Waals surface area contributed by atoms with Crippen molar-refractivity contribution >= 4 is 34.9 Å². The van der Waals surface area contributed by atoms with Gasteiger partial charge in [-0.1, -0.05) is 115 Å². The number of likely N-dealkylation sites (tertiary alicyclic amines) is 1. The first kappa shape index (κ1) is 35.5. The van der Waals surface area contributed by atoms with Crippen molar-refractivity contribution in [2.24, 2.45) is 5.73 Å². The third kappa shape index (κ3) is 7.14. The Morgan fingerprint density at radius 3 is 1.90 bits per heavy atom. The van der Waals surface area contributed by atoms with E-state index in [0.717, 1.165) is 38.4 Å². The van der Waals surface area contributed by atoms with Crippen LogP contribution in [0.5, 0.6) is 0 Å². The van der Waals surface area contributed by atoms with Crippen LogP contribution in [-0.4, -0.2) is 56.3 Å². The standard InChI is InChI=1S/C41H44N4O3S2/c1-27(29-20-22-30(23-21-29)36-28(2)43-26-49-36)44-38(47)35-24-34(46)25-45(35)39(48)37(42)40(3,4)50-41(31-14-8-5-9-15-31,32-16-10-6-11-17-32)33-18-12-7-13-19-33/h5-23,26-27,34-35,37,46H,24-25,42H2,1-4H3,(H,44,47)/t27-,34+,35+,37+/m0/s1. The van der Waals surface area contributed by atoms with E-state index >= 15 is 0 Å². The second kappa shape index (κ2) is 14.9. The predicted octanol–water partition coefficient (Wildman–Crippen LogP) is 7.09. The molecule has 6 rings (SSSR count). The van der Waals surface area contributed by atoms with Gasteiger partial charge in [0.2, 0.25) is 11.8 Å². The van der Waals surface area contributed by atoms with Gasteiger partial charge in [0.1, 0.15) is 6.04 Å². The number of amides is 2. The van der Waals surface area contributed by atoms with E-state index in [1.54, 1.807) is 23.1 Å². The molecule has 4 N–H and O–H groups in total. The highest BCUT2D eigenvalue weighted by Gasteiger charge is 2.49. The Bertz CT molecular complexity index is 1800. The van der Waals surface area contributed by atoms with Crippen molar-refractivity contribution in [2.75, 3.05) is 6.54 Å². The Morgan fingerprint density at radius 2 is 1.42 bits per heavy atom. The molecule has 0 saturated carbocycles. The molecule has 0 spiro atoms. The SMILES string of the molecule is Cc1ncsc1-c1ccc([C@H](C)NC(=O)[C@H]2C[C@@H](O)CN2C(=O)[C@@H](N)C(C)(C)SC(c2ccccc2)(c2ccccc2)c2ccccc2)cc1. The van der Waals surface area contributed by atoms with E-state index in [4.69, 9.17) is 5.73 Å². The lowest BCUT2D eigenvalue weighted by atomic mass is 9.84. The molecule has 1 fully saturated rings. The average Bonchev–Trinajstić information content (AvgIpc) is 3.76. The lowest BCUT2D eigenvalue weighted by molar-refractivity contribution is -0.140. The number of hydrogen-bond donors (Lipinski definition) is 3. The smallest absolute Gasteiger partial charge is 0.243 e. The van der Waals surface area contributed by atoms with Crippen LogP contribution in [0.2, 0.25) is 0 Å². The molecule has 2 heterocycles. The van der Waals surface area contributed by atoms with Crippen LogP contribution in [0.3, 0.4) is 0 Å². The molecule has 1 saturated heterocycles. The second-order valence-corrected chi connectivity index (χ2v) is 16.2. The van der Waals surface area contributed by atoms with E-state index < -0.39 is 27.7 Å². The summed E-state index contributed by atoms with van der Waals surface area (Å²) in [6.45, 7) is 7.94. The van der Waals surface area contributed by atoms with Crippen LogP contribution in [-0.2, 0) is 14.3 Å². The molecule has 0 bridgehead atoms. The largest absolute Gasteiger partial charge is 0.391 e. The molecule has 5 aromatic rings. The summed E-state index contributed by atoms with van der Waals surface area (Å²) in [5.41, 5.74) is 15.0. The van der Waals surface area contributed by atoms with Gasteiger partial charge in [0.25, 0.3) is 0 Å². The zero-order valence-electron chi connectivity index (χ0n) is 28.8. The van der Waals surface area contributed by atoms with E-state index in [9.17, 15) is 14.7 Å². The van der Waals surface area contributed by atoms with Gasteiger partial charge in [-0.2, -0.15) is 0 Å². The highest BCUT2D eigenvalue weighted by molar-refractivity contribution is 8.02. The van der Waals surface area contributed by atoms with E-state index in [2.05, 4.69) is 46.7 Å². The maximum atomic E-state index is 14.4. The summed E-state index contributed by atoms with van der Waals surface area (Å²) in [4.78, 5) is 35.1. The molecule has 0 aliphatic carbocycles. The molecule has 0 unspecified atom stereocenters. The average molecular weight is 705 g/mol. The number of carbonyl (C=O) groups excluding carboxylic acids is 2. The Balaban J connectivity index is 1.24. The summed E-state index contributed by atoms with van der Waals surface area (Å²) < 4.78 is -1.52. The number of nitrogens with zero attached hydrogens (tertiary/aromatic N) is 2. The second-order valence-electron chi connectivity index (χ2n) is 13.5. The van der Waals surface area contributed by atoms with Crippen molar-refractivity contribution in [3.8, 4) is 10.4 Å². The highest BCUT2D eigenvalue weighted by atomic mass is 32.2. The lowest BCUT2D eigenvalue weighted by Gasteiger charge is -2.44. The van der Waals surface area contributed by atoms with Gasteiger partial charge in [0, 0.05) is 17.7 Å². The molecule has 9 heteroatoms. The zero-order valence-corrected chi connectivity index (χ0v) is 30.5. The molecule has 4 aromatic carbocycles. The summed E-state index contributed by atoms with van der Waals surface area (Å²) in [5, 5.41) is 13.8. The molecule has 258 valence electrons. The molecule has 50 heavy (non-hydrogen) atoms. The molecule has 7 nitrogen and oxygen atoms in total. The van der Waals surface area contributed by atoms with Crippen LogP contribution in [0, 0.1) is 6.92 Å². The number of aliphatic hydroxyl groups excluding tert-OH is 1. The number of nitrogens with one attached hydrogen (secondary N) is 1. The molecule has 2 amide bonds. The van der Waals surface area contributed by atoms with E-state index in [1.807, 2.05) is 112 Å². The third-order valence-electron chi connectivity index (χ3n) is 9.61. The topological polar surface area (TPSA) is 109 Å². The summed E-state index contributed by atoms with van der Waals surface area (Å²) in [5.74, 6) is -0.672. The van der Waals surface area contributed by atoms with Gasteiger partial charge in [-0.25, -0.2) is 4.98 Å². The number of aryl methyl sites for hydroxylation is 1. The van der Waals surface area contributed by atoms with Crippen molar-refractivity contribution in [1.29, 1.82) is 0 Å². The normalized spacial score (nSPS) is 17.7. The number of rotatable bonds is 11. The molecular formula is C41H44N4O3S2. The Labute approximate surface area is 303 Å². The van der Waals surface area contributed by atoms with Gasteiger partial charge in [0.15, 0.2) is 0 Å². The number of thioether (sulfide) groups is 1. The lowest BCUT2D eigenvalue weighted by Crippen LogP contribution is -2.57. The first-order valence-corrected chi connectivity index (χ1v) is 18.6. The minimum Gasteiger partial charge on any atom is -0.391 e. The van der Waals surface area contributed by atoms with Crippen molar-refractivity contribution in [1.82, 2.24) is 15.2 Å². The summed E-state index contributed by atoms with van der Waals surface area (Å²) in [6.07, 6.45) is -0.678. The van der Waals surface area contributed by atoms with Gasteiger partial charge in [0.05, 0.1) is 39.0 Å². The van der Waals surface area contributed by atoms with Crippen LogP contribution in [0.15, 0.2) is 121 Å². The Morgan fingerprint density at radius 1 is 0.900 bits per heavy atom. The Hall–Kier alpha value is -4.28.